The Morgan fingerprint density at radius 3 is 2.55 bits per heavy atom. The van der Waals surface area contributed by atoms with E-state index < -0.39 is 0 Å². The van der Waals surface area contributed by atoms with Crippen LogP contribution in [0.1, 0.15) is 21.5 Å². The van der Waals surface area contributed by atoms with Gasteiger partial charge in [-0.05, 0) is 35.7 Å². The van der Waals surface area contributed by atoms with Gasteiger partial charge in [0.05, 0.1) is 10.6 Å². The van der Waals surface area contributed by atoms with E-state index in [0.29, 0.717) is 22.2 Å². The van der Waals surface area contributed by atoms with Crippen LogP contribution < -0.4 is 0 Å². The Morgan fingerprint density at radius 1 is 1.05 bits per heavy atom. The van der Waals surface area contributed by atoms with Crippen LogP contribution >= 0.6 is 23.2 Å². The highest BCUT2D eigenvalue weighted by atomic mass is 35.5. The van der Waals surface area contributed by atoms with Crippen molar-refractivity contribution in [3.05, 3.63) is 69.2 Å². The van der Waals surface area contributed by atoms with Gasteiger partial charge in [-0.3, -0.25) is 4.79 Å². The summed E-state index contributed by atoms with van der Waals surface area (Å²) < 4.78 is 0. The molecule has 2 aromatic rings. The lowest BCUT2D eigenvalue weighted by molar-refractivity contribution is 0.0735. The fourth-order valence-corrected chi connectivity index (χ4v) is 2.99. The van der Waals surface area contributed by atoms with Gasteiger partial charge in [-0.2, -0.15) is 0 Å². The van der Waals surface area contributed by atoms with Crippen LogP contribution in [0.4, 0.5) is 0 Å². The number of carbonyl (C=O) groups excluding carboxylic acids is 1. The van der Waals surface area contributed by atoms with E-state index in [1.165, 1.54) is 11.1 Å². The second-order valence-electron chi connectivity index (χ2n) is 4.87. The summed E-state index contributed by atoms with van der Waals surface area (Å²) >= 11 is 12.0. The van der Waals surface area contributed by atoms with E-state index in [0.717, 1.165) is 13.0 Å². The zero-order valence-electron chi connectivity index (χ0n) is 10.8. The largest absolute Gasteiger partial charge is 0.334 e. The van der Waals surface area contributed by atoms with Crippen LogP contribution in [-0.2, 0) is 13.0 Å². The first kappa shape index (κ1) is 13.5. The zero-order valence-corrected chi connectivity index (χ0v) is 12.3. The first-order valence-electron chi connectivity index (χ1n) is 6.46. The molecule has 0 radical (unpaired) electrons. The summed E-state index contributed by atoms with van der Waals surface area (Å²) in [5, 5.41) is 0.942. The predicted octanol–water partition coefficient (Wildman–Crippen LogP) is 4.19. The molecule has 0 fully saturated rings. The second-order valence-corrected chi connectivity index (χ2v) is 5.71. The molecule has 0 N–H and O–H groups in total. The zero-order chi connectivity index (χ0) is 14.1. The van der Waals surface area contributed by atoms with Crippen molar-refractivity contribution in [2.45, 2.75) is 13.0 Å². The third-order valence-corrected chi connectivity index (χ3v) is 4.13. The summed E-state index contributed by atoms with van der Waals surface area (Å²) in [5.41, 5.74) is 3.03. The van der Waals surface area contributed by atoms with Gasteiger partial charge in [-0.15, -0.1) is 0 Å². The molecule has 0 bridgehead atoms. The van der Waals surface area contributed by atoms with Gasteiger partial charge >= 0.3 is 0 Å². The molecule has 3 rings (SSSR count). The maximum Gasteiger partial charge on any atom is 0.255 e. The number of fused-ring (bicyclic) bond motifs is 1. The maximum absolute atomic E-state index is 12.5. The molecule has 20 heavy (non-hydrogen) atoms. The van der Waals surface area contributed by atoms with Crippen molar-refractivity contribution in [3.63, 3.8) is 0 Å². The molecule has 0 saturated carbocycles. The van der Waals surface area contributed by atoms with Crippen LogP contribution in [0, 0.1) is 0 Å². The Labute approximate surface area is 127 Å². The number of nitrogens with zero attached hydrogens (tertiary/aromatic N) is 1. The van der Waals surface area contributed by atoms with E-state index in [-0.39, 0.29) is 5.91 Å². The molecule has 102 valence electrons. The lowest BCUT2D eigenvalue weighted by atomic mass is 9.99. The minimum absolute atomic E-state index is 0.0406. The Hall–Kier alpha value is -1.51. The summed E-state index contributed by atoms with van der Waals surface area (Å²) in [6, 6.07) is 13.2. The van der Waals surface area contributed by atoms with Crippen molar-refractivity contribution < 1.29 is 4.79 Å². The first-order chi connectivity index (χ1) is 9.65. The number of rotatable bonds is 1. The van der Waals surface area contributed by atoms with Gasteiger partial charge in [0.1, 0.15) is 0 Å². The van der Waals surface area contributed by atoms with E-state index in [4.69, 9.17) is 23.2 Å². The number of benzene rings is 2. The highest BCUT2D eigenvalue weighted by Crippen LogP contribution is 2.25. The topological polar surface area (TPSA) is 20.3 Å². The van der Waals surface area contributed by atoms with Crippen molar-refractivity contribution in [1.82, 2.24) is 4.90 Å². The Morgan fingerprint density at radius 2 is 1.80 bits per heavy atom. The highest BCUT2D eigenvalue weighted by molar-refractivity contribution is 6.36. The monoisotopic (exact) mass is 305 g/mol. The number of halogens is 2. The lowest BCUT2D eigenvalue weighted by Gasteiger charge is -2.29. The smallest absolute Gasteiger partial charge is 0.255 e. The van der Waals surface area contributed by atoms with E-state index in [1.54, 1.807) is 18.2 Å². The molecule has 0 aliphatic carbocycles. The quantitative estimate of drug-likeness (QED) is 0.773. The number of hydrogen-bond donors (Lipinski definition) is 0. The summed E-state index contributed by atoms with van der Waals surface area (Å²) in [6.07, 6.45) is 0.882. The van der Waals surface area contributed by atoms with Crippen LogP contribution in [-0.4, -0.2) is 17.4 Å². The fraction of sp³-hybridized carbons (Fsp3) is 0.188. The molecule has 0 spiro atoms. The van der Waals surface area contributed by atoms with Gasteiger partial charge in [0.15, 0.2) is 0 Å². The van der Waals surface area contributed by atoms with E-state index in [2.05, 4.69) is 12.1 Å². The summed E-state index contributed by atoms with van der Waals surface area (Å²) in [4.78, 5) is 14.4. The molecule has 1 aliphatic rings. The average Bonchev–Trinajstić information content (AvgIpc) is 2.46. The molecule has 2 nitrogen and oxygen atoms in total. The van der Waals surface area contributed by atoms with Gasteiger partial charge in [-0.25, -0.2) is 0 Å². The molecule has 0 saturated heterocycles. The molecule has 4 heteroatoms. The normalized spacial score (nSPS) is 14.0. The first-order valence-corrected chi connectivity index (χ1v) is 7.22. The Kier molecular flexibility index (Phi) is 3.68. The van der Waals surface area contributed by atoms with Crippen molar-refractivity contribution in [3.8, 4) is 0 Å². The molecule has 1 heterocycles. The third-order valence-electron chi connectivity index (χ3n) is 3.58. The van der Waals surface area contributed by atoms with Gasteiger partial charge < -0.3 is 4.90 Å². The van der Waals surface area contributed by atoms with Crippen LogP contribution in [0.15, 0.2) is 42.5 Å². The molecule has 1 aliphatic heterocycles. The van der Waals surface area contributed by atoms with E-state index in [1.807, 2.05) is 17.0 Å². The molecular weight excluding hydrogens is 293 g/mol. The Bertz CT molecular complexity index is 669. The van der Waals surface area contributed by atoms with Crippen molar-refractivity contribution in [2.75, 3.05) is 6.54 Å². The maximum atomic E-state index is 12.5. The van der Waals surface area contributed by atoms with Crippen molar-refractivity contribution in [1.29, 1.82) is 0 Å². The standard InChI is InChI=1S/C16H13Cl2NO/c17-13-5-6-14(15(18)9-13)16(20)19-8-7-11-3-1-2-4-12(11)10-19/h1-6,9H,7-8,10H2. The predicted molar refractivity (Wildman–Crippen MR) is 81.3 cm³/mol. The third kappa shape index (κ3) is 2.54. The van der Waals surface area contributed by atoms with Crippen LogP contribution in [0.5, 0.6) is 0 Å². The van der Waals surface area contributed by atoms with E-state index >= 15 is 0 Å². The number of amides is 1. The molecular formula is C16H13Cl2NO. The SMILES string of the molecule is O=C(c1ccc(Cl)cc1Cl)N1CCc2ccccc2C1. The van der Waals surface area contributed by atoms with Gasteiger partial charge in [0.2, 0.25) is 0 Å². The fourth-order valence-electron chi connectivity index (χ4n) is 2.50. The van der Waals surface area contributed by atoms with Crippen molar-refractivity contribution in [2.24, 2.45) is 0 Å². The molecule has 0 aromatic heterocycles. The number of hydrogen-bond acceptors (Lipinski definition) is 1. The number of carbonyl (C=O) groups is 1. The van der Waals surface area contributed by atoms with Crippen LogP contribution in [0.3, 0.4) is 0 Å². The van der Waals surface area contributed by atoms with Gasteiger partial charge in [0.25, 0.3) is 5.91 Å². The molecule has 0 atom stereocenters. The lowest BCUT2D eigenvalue weighted by Crippen LogP contribution is -2.36. The average molecular weight is 306 g/mol. The van der Waals surface area contributed by atoms with Gasteiger partial charge in [0, 0.05) is 18.1 Å². The van der Waals surface area contributed by atoms with Crippen LogP contribution in [0.2, 0.25) is 10.0 Å². The van der Waals surface area contributed by atoms with Gasteiger partial charge in [-0.1, -0.05) is 47.5 Å². The molecule has 2 aromatic carbocycles. The van der Waals surface area contributed by atoms with E-state index in [9.17, 15) is 4.79 Å². The summed E-state index contributed by atoms with van der Waals surface area (Å²) in [6.45, 7) is 1.35. The molecule has 0 unspecified atom stereocenters. The summed E-state index contributed by atoms with van der Waals surface area (Å²) in [5.74, 6) is -0.0406. The summed E-state index contributed by atoms with van der Waals surface area (Å²) in [7, 11) is 0. The Balaban J connectivity index is 1.86. The highest BCUT2D eigenvalue weighted by Gasteiger charge is 2.23. The minimum Gasteiger partial charge on any atom is -0.334 e. The van der Waals surface area contributed by atoms with Crippen molar-refractivity contribution >= 4 is 29.1 Å². The van der Waals surface area contributed by atoms with Crippen LogP contribution in [0.25, 0.3) is 0 Å². The second kappa shape index (κ2) is 5.47. The minimum atomic E-state index is -0.0406. The molecule has 1 amide bonds.